The molecule has 0 fully saturated rings. The Bertz CT molecular complexity index is 431. The predicted molar refractivity (Wildman–Crippen MR) is 60.4 cm³/mol. The van der Waals surface area contributed by atoms with Crippen molar-refractivity contribution in [3.63, 3.8) is 0 Å². The van der Waals surface area contributed by atoms with Crippen molar-refractivity contribution in [1.29, 1.82) is 0 Å². The van der Waals surface area contributed by atoms with Gasteiger partial charge in [-0.3, -0.25) is 4.68 Å². The van der Waals surface area contributed by atoms with Crippen LogP contribution in [0.15, 0.2) is 30.3 Å². The smallest absolute Gasteiger partial charge is 0.181 e. The second-order valence-corrected chi connectivity index (χ2v) is 3.59. The summed E-state index contributed by atoms with van der Waals surface area (Å²) in [6, 6.07) is 10.1. The minimum Gasteiger partial charge on any atom is -0.253 e. The minimum atomic E-state index is 0.821. The van der Waals surface area contributed by atoms with Crippen molar-refractivity contribution in [1.82, 2.24) is 14.8 Å². The fraction of sp³-hybridized carbons (Fsp3) is 0.333. The van der Waals surface area contributed by atoms with Gasteiger partial charge in [0.2, 0.25) is 0 Å². The number of hydrogen-bond donors (Lipinski definition) is 0. The van der Waals surface area contributed by atoms with E-state index in [1.54, 1.807) is 0 Å². The van der Waals surface area contributed by atoms with Gasteiger partial charge in [0, 0.05) is 19.0 Å². The van der Waals surface area contributed by atoms with Crippen LogP contribution in [0.5, 0.6) is 0 Å². The maximum absolute atomic E-state index is 4.52. The Hall–Kier alpha value is -1.64. The molecule has 0 amide bonds. The van der Waals surface area contributed by atoms with Crippen molar-refractivity contribution >= 4 is 0 Å². The molecule has 3 nitrogen and oxygen atoms in total. The molecule has 0 aliphatic rings. The molecule has 1 aromatic carbocycles. The molecule has 2 rings (SSSR count). The normalized spacial score (nSPS) is 10.5. The molecular formula is C12H15N3. The second kappa shape index (κ2) is 4.26. The minimum absolute atomic E-state index is 0.821. The molecule has 0 radical (unpaired) electrons. The van der Waals surface area contributed by atoms with Gasteiger partial charge in [-0.05, 0) is 6.42 Å². The SMILES string of the molecule is CCCc1nc(-c2ccccc2)nn1C. The Morgan fingerprint density at radius 1 is 1.20 bits per heavy atom. The van der Waals surface area contributed by atoms with Crippen LogP contribution in [0.2, 0.25) is 0 Å². The lowest BCUT2D eigenvalue weighted by Gasteiger charge is -1.93. The van der Waals surface area contributed by atoms with Gasteiger partial charge in [0.05, 0.1) is 0 Å². The quantitative estimate of drug-likeness (QED) is 0.763. The van der Waals surface area contributed by atoms with Crippen LogP contribution in [-0.4, -0.2) is 14.8 Å². The summed E-state index contributed by atoms with van der Waals surface area (Å²) < 4.78 is 1.87. The first-order valence-electron chi connectivity index (χ1n) is 5.26. The third-order valence-corrected chi connectivity index (χ3v) is 2.36. The summed E-state index contributed by atoms with van der Waals surface area (Å²) in [7, 11) is 1.95. The van der Waals surface area contributed by atoms with Crippen LogP contribution in [0.4, 0.5) is 0 Å². The average molecular weight is 201 g/mol. The molecule has 0 saturated carbocycles. The van der Waals surface area contributed by atoms with E-state index >= 15 is 0 Å². The van der Waals surface area contributed by atoms with E-state index in [1.165, 1.54) is 0 Å². The van der Waals surface area contributed by atoms with Crippen molar-refractivity contribution in [3.8, 4) is 11.4 Å². The second-order valence-electron chi connectivity index (χ2n) is 3.59. The van der Waals surface area contributed by atoms with E-state index in [1.807, 2.05) is 42.1 Å². The van der Waals surface area contributed by atoms with Gasteiger partial charge in [-0.15, -0.1) is 0 Å². The van der Waals surface area contributed by atoms with Crippen molar-refractivity contribution in [3.05, 3.63) is 36.2 Å². The van der Waals surface area contributed by atoms with E-state index in [9.17, 15) is 0 Å². The number of rotatable bonds is 3. The predicted octanol–water partition coefficient (Wildman–Crippen LogP) is 2.43. The third-order valence-electron chi connectivity index (χ3n) is 2.36. The summed E-state index contributed by atoms with van der Waals surface area (Å²) in [6.07, 6.45) is 2.08. The Labute approximate surface area is 89.8 Å². The molecule has 1 heterocycles. The van der Waals surface area contributed by atoms with Gasteiger partial charge < -0.3 is 0 Å². The van der Waals surface area contributed by atoms with E-state index in [0.29, 0.717) is 0 Å². The average Bonchev–Trinajstić information content (AvgIpc) is 2.63. The fourth-order valence-corrected chi connectivity index (χ4v) is 1.57. The Morgan fingerprint density at radius 3 is 2.60 bits per heavy atom. The van der Waals surface area contributed by atoms with E-state index in [4.69, 9.17) is 0 Å². The first kappa shape index (κ1) is 9.90. The third kappa shape index (κ3) is 2.06. The van der Waals surface area contributed by atoms with E-state index < -0.39 is 0 Å². The maximum Gasteiger partial charge on any atom is 0.181 e. The van der Waals surface area contributed by atoms with Crippen LogP contribution in [-0.2, 0) is 13.5 Å². The lowest BCUT2D eigenvalue weighted by atomic mass is 10.2. The van der Waals surface area contributed by atoms with Crippen molar-refractivity contribution in [2.45, 2.75) is 19.8 Å². The van der Waals surface area contributed by atoms with Gasteiger partial charge in [-0.1, -0.05) is 37.3 Å². The van der Waals surface area contributed by atoms with Gasteiger partial charge in [0.15, 0.2) is 5.82 Å². The van der Waals surface area contributed by atoms with Crippen molar-refractivity contribution in [2.24, 2.45) is 7.05 Å². The summed E-state index contributed by atoms with van der Waals surface area (Å²) in [5.74, 6) is 1.87. The Morgan fingerprint density at radius 2 is 1.93 bits per heavy atom. The molecule has 15 heavy (non-hydrogen) atoms. The maximum atomic E-state index is 4.52. The molecule has 0 bridgehead atoms. The van der Waals surface area contributed by atoms with Crippen LogP contribution < -0.4 is 0 Å². The van der Waals surface area contributed by atoms with Gasteiger partial charge >= 0.3 is 0 Å². The monoisotopic (exact) mass is 201 g/mol. The molecule has 3 heteroatoms. The molecule has 0 spiro atoms. The fourth-order valence-electron chi connectivity index (χ4n) is 1.57. The van der Waals surface area contributed by atoms with Crippen LogP contribution in [0.25, 0.3) is 11.4 Å². The zero-order valence-corrected chi connectivity index (χ0v) is 9.14. The highest BCUT2D eigenvalue weighted by molar-refractivity contribution is 5.53. The zero-order valence-electron chi connectivity index (χ0n) is 9.14. The molecule has 0 N–H and O–H groups in total. The lowest BCUT2D eigenvalue weighted by molar-refractivity contribution is 0.687. The number of benzene rings is 1. The highest BCUT2D eigenvalue weighted by Gasteiger charge is 2.07. The van der Waals surface area contributed by atoms with Gasteiger partial charge in [-0.2, -0.15) is 5.10 Å². The van der Waals surface area contributed by atoms with Crippen LogP contribution >= 0.6 is 0 Å². The van der Waals surface area contributed by atoms with Crippen LogP contribution in [0, 0.1) is 0 Å². The number of aromatic nitrogens is 3. The summed E-state index contributed by atoms with van der Waals surface area (Å²) in [5.41, 5.74) is 1.08. The first-order valence-corrected chi connectivity index (χ1v) is 5.26. The molecule has 78 valence electrons. The number of aryl methyl sites for hydroxylation is 2. The molecule has 2 aromatic rings. The highest BCUT2D eigenvalue weighted by atomic mass is 15.3. The molecule has 1 aromatic heterocycles. The van der Waals surface area contributed by atoms with Crippen LogP contribution in [0.3, 0.4) is 0 Å². The van der Waals surface area contributed by atoms with Crippen LogP contribution in [0.1, 0.15) is 19.2 Å². The Balaban J connectivity index is 2.34. The summed E-state index contributed by atoms with van der Waals surface area (Å²) >= 11 is 0. The van der Waals surface area contributed by atoms with Crippen molar-refractivity contribution < 1.29 is 0 Å². The first-order chi connectivity index (χ1) is 7.31. The standard InChI is InChI=1S/C12H15N3/c1-3-7-11-13-12(14-15(11)2)10-8-5-4-6-9-10/h4-6,8-9H,3,7H2,1-2H3. The largest absolute Gasteiger partial charge is 0.253 e. The van der Waals surface area contributed by atoms with E-state index in [0.717, 1.165) is 30.1 Å². The van der Waals surface area contributed by atoms with Crippen molar-refractivity contribution in [2.75, 3.05) is 0 Å². The summed E-state index contributed by atoms with van der Waals surface area (Å²) in [6.45, 7) is 2.15. The van der Waals surface area contributed by atoms with E-state index in [2.05, 4.69) is 17.0 Å². The topological polar surface area (TPSA) is 30.7 Å². The highest BCUT2D eigenvalue weighted by Crippen LogP contribution is 2.14. The van der Waals surface area contributed by atoms with Gasteiger partial charge in [0.1, 0.15) is 5.82 Å². The molecule has 0 unspecified atom stereocenters. The zero-order chi connectivity index (χ0) is 10.7. The number of nitrogens with zero attached hydrogens (tertiary/aromatic N) is 3. The van der Waals surface area contributed by atoms with E-state index in [-0.39, 0.29) is 0 Å². The number of hydrogen-bond acceptors (Lipinski definition) is 2. The molecule has 0 aliphatic heterocycles. The van der Waals surface area contributed by atoms with Gasteiger partial charge in [0.25, 0.3) is 0 Å². The summed E-state index contributed by atoms with van der Waals surface area (Å²) in [4.78, 5) is 4.52. The lowest BCUT2D eigenvalue weighted by Crippen LogP contribution is -1.98. The summed E-state index contributed by atoms with van der Waals surface area (Å²) in [5, 5.41) is 4.41. The Kier molecular flexibility index (Phi) is 2.81. The molecular weight excluding hydrogens is 186 g/mol. The molecule has 0 atom stereocenters. The molecule has 0 saturated heterocycles. The van der Waals surface area contributed by atoms with Gasteiger partial charge in [-0.25, -0.2) is 4.98 Å². The molecule has 0 aliphatic carbocycles.